The van der Waals surface area contributed by atoms with Gasteiger partial charge in [-0.15, -0.1) is 0 Å². The molecule has 0 saturated heterocycles. The summed E-state index contributed by atoms with van der Waals surface area (Å²) in [5.41, 5.74) is -1.20. The molecule has 1 aliphatic carbocycles. The van der Waals surface area contributed by atoms with Crippen LogP contribution < -0.4 is 5.32 Å². The zero-order chi connectivity index (χ0) is 14.0. The van der Waals surface area contributed by atoms with Gasteiger partial charge in [-0.3, -0.25) is 4.79 Å². The highest BCUT2D eigenvalue weighted by molar-refractivity contribution is 5.96. The Morgan fingerprint density at radius 3 is 2.84 bits per heavy atom. The minimum absolute atomic E-state index is 0.0284. The number of ether oxygens (including phenoxy) is 1. The van der Waals surface area contributed by atoms with Crippen LogP contribution >= 0.6 is 0 Å². The van der Waals surface area contributed by atoms with E-state index in [9.17, 15) is 14.7 Å². The fourth-order valence-electron chi connectivity index (χ4n) is 1.92. The number of carboxylic acid groups (broad SMARTS) is 1. The molecule has 0 aliphatic heterocycles. The molecule has 1 aromatic heterocycles. The summed E-state index contributed by atoms with van der Waals surface area (Å²) in [6.45, 7) is 1.72. The van der Waals surface area contributed by atoms with Crippen molar-refractivity contribution in [2.75, 3.05) is 7.11 Å². The molecule has 7 heteroatoms. The molecule has 1 fully saturated rings. The molecule has 0 spiro atoms. The first-order valence-corrected chi connectivity index (χ1v) is 5.98. The minimum atomic E-state index is -1.25. The Balaban J connectivity index is 2.08. The monoisotopic (exact) mass is 268 g/mol. The maximum absolute atomic E-state index is 12.0. The van der Waals surface area contributed by atoms with Gasteiger partial charge in [0.2, 0.25) is 0 Å². The molecule has 2 rings (SSSR count). The lowest BCUT2D eigenvalue weighted by Gasteiger charge is -2.25. The Labute approximate surface area is 109 Å². The number of hydrogen-bond acceptors (Lipinski definition) is 5. The highest BCUT2D eigenvalue weighted by Crippen LogP contribution is 2.39. The first-order chi connectivity index (χ1) is 8.97. The van der Waals surface area contributed by atoms with Crippen molar-refractivity contribution in [1.82, 2.24) is 10.5 Å². The molecule has 1 atom stereocenters. The minimum Gasteiger partial charge on any atom is -0.480 e. The van der Waals surface area contributed by atoms with E-state index in [0.29, 0.717) is 5.76 Å². The van der Waals surface area contributed by atoms with Gasteiger partial charge in [0, 0.05) is 13.2 Å². The SMILES string of the molecule is COCc1cc(C(=O)NC(C)(C(=O)O)C2CC2)no1. The van der Waals surface area contributed by atoms with E-state index < -0.39 is 17.4 Å². The molecule has 1 aliphatic rings. The third-order valence-corrected chi connectivity index (χ3v) is 3.29. The summed E-state index contributed by atoms with van der Waals surface area (Å²) < 4.78 is 9.74. The molecule has 0 bridgehead atoms. The molecule has 2 N–H and O–H groups in total. The summed E-state index contributed by atoms with van der Waals surface area (Å²) in [5.74, 6) is -1.21. The second kappa shape index (κ2) is 5.00. The molecule has 1 saturated carbocycles. The Hall–Kier alpha value is -1.89. The van der Waals surface area contributed by atoms with Crippen LogP contribution in [0.25, 0.3) is 0 Å². The molecular formula is C12H16N2O5. The van der Waals surface area contributed by atoms with Crippen LogP contribution in [0, 0.1) is 5.92 Å². The van der Waals surface area contributed by atoms with Gasteiger partial charge in [-0.2, -0.15) is 0 Å². The van der Waals surface area contributed by atoms with E-state index >= 15 is 0 Å². The molecule has 1 amide bonds. The fraction of sp³-hybridized carbons (Fsp3) is 0.583. The Bertz CT molecular complexity index is 494. The predicted octanol–water partition coefficient (Wildman–Crippen LogP) is 0.804. The summed E-state index contributed by atoms with van der Waals surface area (Å²) in [6.07, 6.45) is 1.60. The van der Waals surface area contributed by atoms with E-state index in [1.54, 1.807) is 0 Å². The second-order valence-corrected chi connectivity index (χ2v) is 4.85. The smallest absolute Gasteiger partial charge is 0.329 e. The number of nitrogens with zero attached hydrogens (tertiary/aromatic N) is 1. The second-order valence-electron chi connectivity index (χ2n) is 4.85. The normalized spacial score (nSPS) is 17.8. The highest BCUT2D eigenvalue weighted by atomic mass is 16.5. The number of carbonyl (C=O) groups excluding carboxylic acids is 1. The van der Waals surface area contributed by atoms with Gasteiger partial charge >= 0.3 is 5.97 Å². The molecular weight excluding hydrogens is 252 g/mol. The molecule has 7 nitrogen and oxygen atoms in total. The number of nitrogens with one attached hydrogen (secondary N) is 1. The topological polar surface area (TPSA) is 102 Å². The predicted molar refractivity (Wildman–Crippen MR) is 63.4 cm³/mol. The van der Waals surface area contributed by atoms with E-state index in [2.05, 4.69) is 10.5 Å². The van der Waals surface area contributed by atoms with Gasteiger partial charge in [-0.25, -0.2) is 4.79 Å². The van der Waals surface area contributed by atoms with Crippen molar-refractivity contribution < 1.29 is 24.0 Å². The lowest BCUT2D eigenvalue weighted by Crippen LogP contribution is -2.54. The summed E-state index contributed by atoms with van der Waals surface area (Å²) in [4.78, 5) is 23.3. The Kier molecular flexibility index (Phi) is 3.57. The largest absolute Gasteiger partial charge is 0.480 e. The first kappa shape index (κ1) is 13.5. The van der Waals surface area contributed by atoms with Gasteiger partial charge < -0.3 is 19.7 Å². The Morgan fingerprint density at radius 1 is 1.63 bits per heavy atom. The maximum Gasteiger partial charge on any atom is 0.329 e. The maximum atomic E-state index is 12.0. The van der Waals surface area contributed by atoms with E-state index in [1.165, 1.54) is 20.1 Å². The van der Waals surface area contributed by atoms with E-state index in [0.717, 1.165) is 12.8 Å². The average molecular weight is 268 g/mol. The molecule has 1 unspecified atom stereocenters. The zero-order valence-electron chi connectivity index (χ0n) is 10.8. The molecule has 0 radical (unpaired) electrons. The van der Waals surface area contributed by atoms with Gasteiger partial charge in [0.15, 0.2) is 11.5 Å². The van der Waals surface area contributed by atoms with Crippen LogP contribution in [-0.2, 0) is 16.1 Å². The number of carbonyl (C=O) groups is 2. The van der Waals surface area contributed by atoms with Crippen LogP contribution in [0.15, 0.2) is 10.6 Å². The van der Waals surface area contributed by atoms with Crippen molar-refractivity contribution in [1.29, 1.82) is 0 Å². The summed E-state index contributed by atoms with van der Waals surface area (Å²) in [5, 5.41) is 15.4. The van der Waals surface area contributed by atoms with Crippen molar-refractivity contribution in [3.8, 4) is 0 Å². The number of amides is 1. The summed E-state index contributed by atoms with van der Waals surface area (Å²) >= 11 is 0. The van der Waals surface area contributed by atoms with Crippen LogP contribution in [0.3, 0.4) is 0 Å². The van der Waals surface area contributed by atoms with Crippen molar-refractivity contribution in [2.45, 2.75) is 31.9 Å². The van der Waals surface area contributed by atoms with Gasteiger partial charge in [0.25, 0.3) is 5.91 Å². The van der Waals surface area contributed by atoms with Crippen LogP contribution in [0.2, 0.25) is 0 Å². The average Bonchev–Trinajstić information content (AvgIpc) is 3.10. The lowest BCUT2D eigenvalue weighted by atomic mass is 9.96. The van der Waals surface area contributed by atoms with Crippen molar-refractivity contribution in [3.05, 3.63) is 17.5 Å². The van der Waals surface area contributed by atoms with Crippen molar-refractivity contribution in [3.63, 3.8) is 0 Å². The number of carboxylic acids is 1. The number of hydrogen-bond donors (Lipinski definition) is 2. The van der Waals surface area contributed by atoms with Crippen LogP contribution in [0.4, 0.5) is 0 Å². The van der Waals surface area contributed by atoms with Gasteiger partial charge in [-0.05, 0) is 25.7 Å². The van der Waals surface area contributed by atoms with Gasteiger partial charge in [-0.1, -0.05) is 5.16 Å². The molecule has 1 heterocycles. The van der Waals surface area contributed by atoms with E-state index in [-0.39, 0.29) is 18.2 Å². The number of aromatic nitrogens is 1. The molecule has 1 aromatic rings. The molecule has 0 aromatic carbocycles. The van der Waals surface area contributed by atoms with Crippen LogP contribution in [0.5, 0.6) is 0 Å². The van der Waals surface area contributed by atoms with Crippen LogP contribution in [-0.4, -0.2) is 34.8 Å². The summed E-state index contributed by atoms with van der Waals surface area (Å²) in [6, 6.07) is 1.44. The molecule has 104 valence electrons. The quantitative estimate of drug-likeness (QED) is 0.791. The molecule has 19 heavy (non-hydrogen) atoms. The van der Waals surface area contributed by atoms with Crippen molar-refractivity contribution >= 4 is 11.9 Å². The van der Waals surface area contributed by atoms with Crippen LogP contribution in [0.1, 0.15) is 36.0 Å². The number of rotatable bonds is 6. The Morgan fingerprint density at radius 2 is 2.32 bits per heavy atom. The zero-order valence-corrected chi connectivity index (χ0v) is 10.8. The lowest BCUT2D eigenvalue weighted by molar-refractivity contribution is -0.144. The van der Waals surface area contributed by atoms with Gasteiger partial charge in [0.1, 0.15) is 12.1 Å². The van der Waals surface area contributed by atoms with E-state index in [1.807, 2.05) is 0 Å². The van der Waals surface area contributed by atoms with E-state index in [4.69, 9.17) is 9.26 Å². The number of aliphatic carboxylic acids is 1. The van der Waals surface area contributed by atoms with Crippen molar-refractivity contribution in [2.24, 2.45) is 5.92 Å². The summed E-state index contributed by atoms with van der Waals surface area (Å²) in [7, 11) is 1.50. The third-order valence-electron chi connectivity index (χ3n) is 3.29. The fourth-order valence-corrected chi connectivity index (χ4v) is 1.92. The standard InChI is InChI=1S/C12H16N2O5/c1-12(11(16)17,7-3-4-7)13-10(15)9-5-8(6-18-2)19-14-9/h5,7H,3-4,6H2,1-2H3,(H,13,15)(H,16,17). The highest BCUT2D eigenvalue weighted by Gasteiger charge is 2.48. The first-order valence-electron chi connectivity index (χ1n) is 5.98. The third kappa shape index (κ3) is 2.76. The van der Waals surface area contributed by atoms with Gasteiger partial charge in [0.05, 0.1) is 0 Å². The number of methoxy groups -OCH3 is 1.